The Morgan fingerprint density at radius 1 is 1.08 bits per heavy atom. The van der Waals surface area contributed by atoms with Crippen LogP contribution < -0.4 is 14.8 Å². The smallest absolute Gasteiger partial charge is 0.161 e. The summed E-state index contributed by atoms with van der Waals surface area (Å²) in [6, 6.07) is 15.3. The van der Waals surface area contributed by atoms with Crippen molar-refractivity contribution in [3.05, 3.63) is 65.7 Å². The van der Waals surface area contributed by atoms with Gasteiger partial charge < -0.3 is 14.8 Å². The molecular formula is C21H23NO2. The Kier molecular flexibility index (Phi) is 3.81. The Hall–Kier alpha value is -2.26. The van der Waals surface area contributed by atoms with Crippen molar-refractivity contribution in [1.82, 2.24) is 5.32 Å². The zero-order valence-corrected chi connectivity index (χ0v) is 14.2. The molecule has 2 aromatic carbocycles. The van der Waals surface area contributed by atoms with Gasteiger partial charge in [0.1, 0.15) is 0 Å². The first-order valence-corrected chi connectivity index (χ1v) is 8.45. The van der Waals surface area contributed by atoms with Crippen LogP contribution in [0.3, 0.4) is 0 Å². The van der Waals surface area contributed by atoms with Crippen molar-refractivity contribution in [3.63, 3.8) is 0 Å². The molecule has 3 nitrogen and oxygen atoms in total. The molecule has 0 aromatic heterocycles. The standard InChI is InChI=1S/C21H23NO2/c1-13-15-10-19(23-2)20(24-3)11-16(15)17-12-22-18(21(13)17)9-14-7-5-4-6-8-14/h4-8,10-11,17-18,21-22H,1,9,12H2,2-3H3. The lowest BCUT2D eigenvalue weighted by Crippen LogP contribution is -2.29. The first-order chi connectivity index (χ1) is 11.7. The van der Waals surface area contributed by atoms with Gasteiger partial charge in [-0.2, -0.15) is 0 Å². The Morgan fingerprint density at radius 3 is 2.50 bits per heavy atom. The van der Waals surface area contributed by atoms with E-state index in [9.17, 15) is 0 Å². The van der Waals surface area contributed by atoms with Crippen LogP contribution in [0, 0.1) is 5.92 Å². The number of ether oxygens (including phenoxy) is 2. The zero-order chi connectivity index (χ0) is 16.7. The summed E-state index contributed by atoms with van der Waals surface area (Å²) in [5.74, 6) is 2.50. The van der Waals surface area contributed by atoms with Gasteiger partial charge in [-0.25, -0.2) is 0 Å². The number of fused-ring (bicyclic) bond motifs is 3. The minimum absolute atomic E-state index is 0.425. The molecule has 1 saturated heterocycles. The summed E-state index contributed by atoms with van der Waals surface area (Å²) >= 11 is 0. The summed E-state index contributed by atoms with van der Waals surface area (Å²) in [4.78, 5) is 0. The minimum Gasteiger partial charge on any atom is -0.493 e. The van der Waals surface area contributed by atoms with Crippen LogP contribution >= 0.6 is 0 Å². The second-order valence-electron chi connectivity index (χ2n) is 6.66. The van der Waals surface area contributed by atoms with Gasteiger partial charge in [-0.05, 0) is 40.8 Å². The highest BCUT2D eigenvalue weighted by Gasteiger charge is 2.45. The average Bonchev–Trinajstić information content (AvgIpc) is 3.15. The highest BCUT2D eigenvalue weighted by molar-refractivity contribution is 5.78. The van der Waals surface area contributed by atoms with E-state index in [0.29, 0.717) is 17.9 Å². The maximum absolute atomic E-state index is 5.49. The predicted octanol–water partition coefficient (Wildman–Crippen LogP) is 3.64. The molecule has 124 valence electrons. The number of hydrogen-bond acceptors (Lipinski definition) is 3. The van der Waals surface area contributed by atoms with Crippen LogP contribution in [0.4, 0.5) is 0 Å². The molecule has 1 aliphatic heterocycles. The van der Waals surface area contributed by atoms with Gasteiger partial charge in [-0.3, -0.25) is 0 Å². The van der Waals surface area contributed by atoms with Crippen molar-refractivity contribution >= 4 is 5.57 Å². The molecule has 0 spiro atoms. The second-order valence-corrected chi connectivity index (χ2v) is 6.66. The van der Waals surface area contributed by atoms with Gasteiger partial charge in [0.15, 0.2) is 11.5 Å². The molecule has 0 bridgehead atoms. The Bertz CT molecular complexity index is 769. The van der Waals surface area contributed by atoms with Crippen LogP contribution in [-0.2, 0) is 6.42 Å². The third-order valence-electron chi connectivity index (χ3n) is 5.47. The fraction of sp³-hybridized carbons (Fsp3) is 0.333. The molecule has 3 atom stereocenters. The molecule has 0 saturated carbocycles. The van der Waals surface area contributed by atoms with Crippen LogP contribution in [0.1, 0.15) is 22.6 Å². The van der Waals surface area contributed by atoms with Crippen molar-refractivity contribution < 1.29 is 9.47 Å². The van der Waals surface area contributed by atoms with Gasteiger partial charge in [-0.1, -0.05) is 36.9 Å². The lowest BCUT2D eigenvalue weighted by atomic mass is 9.86. The molecule has 0 radical (unpaired) electrons. The first kappa shape index (κ1) is 15.3. The molecule has 24 heavy (non-hydrogen) atoms. The summed E-state index contributed by atoms with van der Waals surface area (Å²) in [7, 11) is 3.37. The summed E-state index contributed by atoms with van der Waals surface area (Å²) in [5, 5.41) is 3.71. The fourth-order valence-corrected chi connectivity index (χ4v) is 4.33. The third-order valence-corrected chi connectivity index (χ3v) is 5.47. The van der Waals surface area contributed by atoms with E-state index in [1.54, 1.807) is 14.2 Å². The van der Waals surface area contributed by atoms with Crippen molar-refractivity contribution in [3.8, 4) is 11.5 Å². The van der Waals surface area contributed by atoms with Gasteiger partial charge in [0, 0.05) is 24.4 Å². The number of hydrogen-bond donors (Lipinski definition) is 1. The van der Waals surface area contributed by atoms with Gasteiger partial charge >= 0.3 is 0 Å². The average molecular weight is 321 g/mol. The van der Waals surface area contributed by atoms with Gasteiger partial charge in [-0.15, -0.1) is 0 Å². The summed E-state index contributed by atoms with van der Waals surface area (Å²) in [6.45, 7) is 5.41. The van der Waals surface area contributed by atoms with Crippen LogP contribution in [-0.4, -0.2) is 26.8 Å². The molecular weight excluding hydrogens is 298 g/mol. The van der Waals surface area contributed by atoms with Gasteiger partial charge in [0.2, 0.25) is 0 Å². The fourth-order valence-electron chi connectivity index (χ4n) is 4.33. The van der Waals surface area contributed by atoms with Crippen LogP contribution in [0.2, 0.25) is 0 Å². The SMILES string of the molecule is C=C1c2cc(OC)c(OC)cc2C2CNC(Cc3ccccc3)C12. The van der Waals surface area contributed by atoms with Crippen molar-refractivity contribution in [2.45, 2.75) is 18.4 Å². The molecule has 1 heterocycles. The molecule has 1 N–H and O–H groups in total. The van der Waals surface area contributed by atoms with E-state index in [0.717, 1.165) is 24.5 Å². The van der Waals surface area contributed by atoms with Crippen molar-refractivity contribution in [2.75, 3.05) is 20.8 Å². The molecule has 1 fully saturated rings. The van der Waals surface area contributed by atoms with Crippen LogP contribution in [0.5, 0.6) is 11.5 Å². The van der Waals surface area contributed by atoms with Crippen LogP contribution in [0.15, 0.2) is 49.0 Å². The Balaban J connectivity index is 1.66. The molecule has 1 aliphatic carbocycles. The number of nitrogens with one attached hydrogen (secondary N) is 1. The number of methoxy groups -OCH3 is 2. The van der Waals surface area contributed by atoms with E-state index >= 15 is 0 Å². The van der Waals surface area contributed by atoms with E-state index in [-0.39, 0.29) is 0 Å². The Labute approximate surface area is 143 Å². The van der Waals surface area contributed by atoms with E-state index in [4.69, 9.17) is 9.47 Å². The zero-order valence-electron chi connectivity index (χ0n) is 14.2. The lowest BCUT2D eigenvalue weighted by molar-refractivity contribution is 0.354. The summed E-state index contributed by atoms with van der Waals surface area (Å²) in [5.41, 5.74) is 5.17. The Morgan fingerprint density at radius 2 is 1.79 bits per heavy atom. The largest absolute Gasteiger partial charge is 0.493 e. The maximum atomic E-state index is 5.49. The highest BCUT2D eigenvalue weighted by Crippen LogP contribution is 2.52. The lowest BCUT2D eigenvalue weighted by Gasteiger charge is -2.20. The number of benzene rings is 2. The van der Waals surface area contributed by atoms with E-state index in [2.05, 4.69) is 54.4 Å². The maximum Gasteiger partial charge on any atom is 0.161 e. The minimum atomic E-state index is 0.425. The number of rotatable bonds is 4. The van der Waals surface area contributed by atoms with E-state index in [1.165, 1.54) is 22.3 Å². The first-order valence-electron chi connectivity index (χ1n) is 8.45. The van der Waals surface area contributed by atoms with Gasteiger partial charge in [0.05, 0.1) is 14.2 Å². The quantitative estimate of drug-likeness (QED) is 0.932. The molecule has 2 aliphatic rings. The third kappa shape index (κ3) is 2.31. The normalized spacial score (nSPS) is 24.6. The predicted molar refractivity (Wildman–Crippen MR) is 96.7 cm³/mol. The van der Waals surface area contributed by atoms with E-state index in [1.807, 2.05) is 0 Å². The highest BCUT2D eigenvalue weighted by atomic mass is 16.5. The van der Waals surface area contributed by atoms with Crippen LogP contribution in [0.25, 0.3) is 5.57 Å². The molecule has 4 rings (SSSR count). The molecule has 0 amide bonds. The topological polar surface area (TPSA) is 30.5 Å². The molecule has 3 unspecified atom stereocenters. The summed E-state index contributed by atoms with van der Waals surface area (Å²) < 4.78 is 11.0. The summed E-state index contributed by atoms with van der Waals surface area (Å²) in [6.07, 6.45) is 1.03. The monoisotopic (exact) mass is 321 g/mol. The second kappa shape index (κ2) is 5.99. The van der Waals surface area contributed by atoms with E-state index < -0.39 is 0 Å². The van der Waals surface area contributed by atoms with Crippen molar-refractivity contribution in [1.29, 1.82) is 0 Å². The van der Waals surface area contributed by atoms with Gasteiger partial charge in [0.25, 0.3) is 0 Å². The molecule has 2 aromatic rings. The molecule has 3 heteroatoms. The van der Waals surface area contributed by atoms with Crippen molar-refractivity contribution in [2.24, 2.45) is 5.92 Å².